The van der Waals surface area contributed by atoms with E-state index in [1.807, 2.05) is 6.20 Å². The Bertz CT molecular complexity index is 730. The van der Waals surface area contributed by atoms with E-state index in [2.05, 4.69) is 98.5 Å². The highest BCUT2D eigenvalue weighted by Crippen LogP contribution is 2.24. The Morgan fingerprint density at radius 3 is 1.64 bits per heavy atom. The summed E-state index contributed by atoms with van der Waals surface area (Å²) in [7, 11) is 0. The van der Waals surface area contributed by atoms with Crippen LogP contribution in [0.25, 0.3) is 0 Å². The molecule has 0 aliphatic rings. The molecule has 0 unspecified atom stereocenters. The van der Waals surface area contributed by atoms with Crippen molar-refractivity contribution in [2.24, 2.45) is 0 Å². The summed E-state index contributed by atoms with van der Waals surface area (Å²) in [5, 5.41) is 0. The van der Waals surface area contributed by atoms with Crippen molar-refractivity contribution < 1.29 is 0 Å². The Morgan fingerprint density at radius 2 is 1.24 bits per heavy atom. The molecule has 2 aromatic carbocycles. The zero-order valence-corrected chi connectivity index (χ0v) is 15.3. The standard InChI is InChI=1S/C23H26N2/c1-23(2,3)21-14-15-22(24-16-21)25(17-19-10-6-4-7-11-19)18-20-12-8-5-9-13-20/h4-16H,17-18H2,1-3H3. The van der Waals surface area contributed by atoms with Gasteiger partial charge in [-0.25, -0.2) is 4.98 Å². The molecule has 0 fully saturated rings. The first-order valence-electron chi connectivity index (χ1n) is 8.82. The lowest BCUT2D eigenvalue weighted by molar-refractivity contribution is 0.587. The molecule has 25 heavy (non-hydrogen) atoms. The van der Waals surface area contributed by atoms with Gasteiger partial charge in [-0.2, -0.15) is 0 Å². The maximum Gasteiger partial charge on any atom is 0.129 e. The third kappa shape index (κ3) is 4.69. The van der Waals surface area contributed by atoms with Crippen LogP contribution in [0.1, 0.15) is 37.5 Å². The van der Waals surface area contributed by atoms with Crippen LogP contribution in [0, 0.1) is 0 Å². The predicted molar refractivity (Wildman–Crippen MR) is 106 cm³/mol. The Hall–Kier alpha value is -2.61. The topological polar surface area (TPSA) is 16.1 Å². The van der Waals surface area contributed by atoms with Crippen LogP contribution in [0.4, 0.5) is 5.82 Å². The molecule has 0 spiro atoms. The molecule has 2 nitrogen and oxygen atoms in total. The highest BCUT2D eigenvalue weighted by molar-refractivity contribution is 5.42. The highest BCUT2D eigenvalue weighted by Gasteiger charge is 2.15. The fourth-order valence-corrected chi connectivity index (χ4v) is 2.84. The van der Waals surface area contributed by atoms with Crippen LogP contribution in [-0.2, 0) is 18.5 Å². The van der Waals surface area contributed by atoms with Gasteiger partial charge in [0.2, 0.25) is 0 Å². The average Bonchev–Trinajstić information content (AvgIpc) is 2.62. The van der Waals surface area contributed by atoms with Gasteiger partial charge in [-0.1, -0.05) is 87.5 Å². The number of benzene rings is 2. The molecule has 0 saturated heterocycles. The summed E-state index contributed by atoms with van der Waals surface area (Å²) in [5.41, 5.74) is 3.96. The van der Waals surface area contributed by atoms with E-state index in [0.717, 1.165) is 18.9 Å². The predicted octanol–water partition coefficient (Wildman–Crippen LogP) is 5.59. The highest BCUT2D eigenvalue weighted by atomic mass is 15.2. The summed E-state index contributed by atoms with van der Waals surface area (Å²) in [6.07, 6.45) is 2.01. The van der Waals surface area contributed by atoms with Gasteiger partial charge in [-0.05, 0) is 28.2 Å². The maximum absolute atomic E-state index is 4.76. The third-order valence-corrected chi connectivity index (χ3v) is 4.37. The van der Waals surface area contributed by atoms with Gasteiger partial charge in [0.25, 0.3) is 0 Å². The van der Waals surface area contributed by atoms with Crippen molar-refractivity contribution in [1.29, 1.82) is 0 Å². The molecule has 0 radical (unpaired) electrons. The Labute approximate surface area is 151 Å². The number of nitrogens with zero attached hydrogens (tertiary/aromatic N) is 2. The van der Waals surface area contributed by atoms with E-state index in [0.29, 0.717) is 0 Å². The SMILES string of the molecule is CC(C)(C)c1ccc(N(Cc2ccccc2)Cc2ccccc2)nc1. The van der Waals surface area contributed by atoms with Crippen LogP contribution in [0.15, 0.2) is 79.0 Å². The van der Waals surface area contributed by atoms with Crippen LogP contribution in [0.3, 0.4) is 0 Å². The first kappa shape index (κ1) is 17.2. The van der Waals surface area contributed by atoms with Crippen LogP contribution in [0.2, 0.25) is 0 Å². The van der Waals surface area contributed by atoms with Gasteiger partial charge in [0, 0.05) is 19.3 Å². The minimum absolute atomic E-state index is 0.120. The molecule has 2 heteroatoms. The van der Waals surface area contributed by atoms with E-state index in [4.69, 9.17) is 4.98 Å². The third-order valence-electron chi connectivity index (χ3n) is 4.37. The van der Waals surface area contributed by atoms with E-state index in [1.165, 1.54) is 16.7 Å². The number of hydrogen-bond donors (Lipinski definition) is 0. The molecule has 0 bridgehead atoms. The van der Waals surface area contributed by atoms with Crippen LogP contribution < -0.4 is 4.90 Å². The summed E-state index contributed by atoms with van der Waals surface area (Å²) in [5.74, 6) is 1.01. The second kappa shape index (κ2) is 7.52. The lowest BCUT2D eigenvalue weighted by Crippen LogP contribution is -2.23. The molecule has 0 atom stereocenters. The van der Waals surface area contributed by atoms with Crippen molar-refractivity contribution in [3.8, 4) is 0 Å². The number of anilines is 1. The molecule has 3 aromatic rings. The number of aromatic nitrogens is 1. The zero-order chi connectivity index (χ0) is 17.7. The van der Waals surface area contributed by atoms with Crippen molar-refractivity contribution in [1.82, 2.24) is 4.98 Å². The molecule has 0 aliphatic heterocycles. The van der Waals surface area contributed by atoms with Crippen molar-refractivity contribution in [2.75, 3.05) is 4.90 Å². The molecule has 1 aromatic heterocycles. The molecule has 0 amide bonds. The summed E-state index contributed by atoms with van der Waals surface area (Å²) in [4.78, 5) is 7.09. The summed E-state index contributed by atoms with van der Waals surface area (Å²) >= 11 is 0. The minimum atomic E-state index is 0.120. The Balaban J connectivity index is 1.87. The van der Waals surface area contributed by atoms with Crippen molar-refractivity contribution >= 4 is 5.82 Å². The second-order valence-corrected chi connectivity index (χ2v) is 7.48. The molecule has 0 N–H and O–H groups in total. The quantitative estimate of drug-likeness (QED) is 0.606. The van der Waals surface area contributed by atoms with E-state index >= 15 is 0 Å². The lowest BCUT2D eigenvalue weighted by Gasteiger charge is -2.25. The van der Waals surface area contributed by atoms with Gasteiger partial charge in [0.05, 0.1) is 0 Å². The van der Waals surface area contributed by atoms with Gasteiger partial charge < -0.3 is 4.90 Å². The molecular formula is C23H26N2. The van der Waals surface area contributed by atoms with Crippen molar-refractivity contribution in [3.05, 3.63) is 95.7 Å². The normalized spacial score (nSPS) is 11.3. The summed E-state index contributed by atoms with van der Waals surface area (Å²) < 4.78 is 0. The zero-order valence-electron chi connectivity index (χ0n) is 15.3. The van der Waals surface area contributed by atoms with Gasteiger partial charge in [-0.15, -0.1) is 0 Å². The van der Waals surface area contributed by atoms with Crippen molar-refractivity contribution in [3.63, 3.8) is 0 Å². The maximum atomic E-state index is 4.76. The summed E-state index contributed by atoms with van der Waals surface area (Å²) in [6.45, 7) is 8.34. The van der Waals surface area contributed by atoms with E-state index in [9.17, 15) is 0 Å². The van der Waals surface area contributed by atoms with Gasteiger partial charge in [-0.3, -0.25) is 0 Å². The minimum Gasteiger partial charge on any atom is -0.348 e. The number of pyridine rings is 1. The van der Waals surface area contributed by atoms with Crippen LogP contribution in [-0.4, -0.2) is 4.98 Å². The molecule has 1 heterocycles. The number of hydrogen-bond acceptors (Lipinski definition) is 2. The number of rotatable bonds is 5. The van der Waals surface area contributed by atoms with Crippen LogP contribution in [0.5, 0.6) is 0 Å². The average molecular weight is 330 g/mol. The monoisotopic (exact) mass is 330 g/mol. The first-order valence-corrected chi connectivity index (χ1v) is 8.82. The first-order chi connectivity index (χ1) is 12.0. The molecule has 0 saturated carbocycles. The van der Waals surface area contributed by atoms with E-state index < -0.39 is 0 Å². The van der Waals surface area contributed by atoms with Gasteiger partial charge in [0.1, 0.15) is 5.82 Å². The largest absolute Gasteiger partial charge is 0.348 e. The van der Waals surface area contributed by atoms with Crippen molar-refractivity contribution in [2.45, 2.75) is 39.3 Å². The Kier molecular flexibility index (Phi) is 5.18. The Morgan fingerprint density at radius 1 is 0.720 bits per heavy atom. The van der Waals surface area contributed by atoms with Crippen LogP contribution >= 0.6 is 0 Å². The van der Waals surface area contributed by atoms with E-state index in [-0.39, 0.29) is 5.41 Å². The van der Waals surface area contributed by atoms with Gasteiger partial charge >= 0.3 is 0 Å². The molecule has 0 aliphatic carbocycles. The molecular weight excluding hydrogens is 304 g/mol. The second-order valence-electron chi connectivity index (χ2n) is 7.48. The fraction of sp³-hybridized carbons (Fsp3) is 0.261. The summed E-state index contributed by atoms with van der Waals surface area (Å²) in [6, 6.07) is 25.5. The smallest absolute Gasteiger partial charge is 0.129 e. The lowest BCUT2D eigenvalue weighted by atomic mass is 9.88. The van der Waals surface area contributed by atoms with Gasteiger partial charge in [0.15, 0.2) is 0 Å². The molecule has 3 rings (SSSR count). The molecule has 128 valence electrons. The van der Waals surface area contributed by atoms with E-state index in [1.54, 1.807) is 0 Å². The fourth-order valence-electron chi connectivity index (χ4n) is 2.84.